The molecule has 0 aromatic heterocycles. The van der Waals surface area contributed by atoms with E-state index in [1.54, 1.807) is 31.2 Å². The number of nitrogens with one attached hydrogen (secondary N) is 4. The highest BCUT2D eigenvalue weighted by Gasteiger charge is 2.49. The molecule has 118 heavy (non-hydrogen) atoms. The van der Waals surface area contributed by atoms with Crippen LogP contribution < -0.4 is 32.7 Å². The molecule has 31 heteroatoms. The van der Waals surface area contributed by atoms with Crippen LogP contribution in [0.25, 0.3) is 0 Å². The van der Waals surface area contributed by atoms with Crippen LogP contribution in [0.2, 0.25) is 0 Å². The van der Waals surface area contributed by atoms with Gasteiger partial charge in [-0.25, -0.2) is 35.1 Å². The van der Waals surface area contributed by atoms with Crippen LogP contribution in [0.5, 0.6) is 0 Å². The first-order chi connectivity index (χ1) is 55.1. The molecule has 4 aliphatic rings. The van der Waals surface area contributed by atoms with Crippen LogP contribution >= 0.6 is 0 Å². The van der Waals surface area contributed by atoms with Crippen molar-refractivity contribution in [1.29, 1.82) is 0 Å². The summed E-state index contributed by atoms with van der Waals surface area (Å²) >= 11 is 0. The number of nitrogens with two attached hydrogens (primary N) is 2. The lowest BCUT2D eigenvalue weighted by atomic mass is 9.93. The second kappa shape index (κ2) is 42.8. The van der Waals surface area contributed by atoms with Crippen LogP contribution in [-0.4, -0.2) is 168 Å². The molecule has 23 nitrogen and oxygen atoms in total. The lowest BCUT2D eigenvalue weighted by Gasteiger charge is -2.30. The number of amides is 6. The van der Waals surface area contributed by atoms with Gasteiger partial charge in [-0.15, -0.1) is 0 Å². The fourth-order valence-electron chi connectivity index (χ4n) is 11.0. The average molecular weight is 1640 g/mol. The number of carbonyl (C=O) groups is 12. The summed E-state index contributed by atoms with van der Waals surface area (Å²) in [6.45, 7) is 8.75. The molecule has 4 fully saturated rings. The highest BCUT2D eigenvalue weighted by molar-refractivity contribution is 6.01. The summed E-state index contributed by atoms with van der Waals surface area (Å²) in [7, 11) is 0. The number of hydrogen-bond donors (Lipinski definition) is 11. The Labute approximate surface area is 675 Å². The monoisotopic (exact) mass is 1640 g/mol. The van der Waals surface area contributed by atoms with E-state index in [9.17, 15) is 113 Å². The van der Waals surface area contributed by atoms with Gasteiger partial charge >= 0.3 is 5.97 Å². The highest BCUT2D eigenvalue weighted by atomic mass is 19.3. The molecule has 0 heterocycles. The molecule has 0 aliphatic heterocycles. The second-order valence-corrected chi connectivity index (χ2v) is 28.9. The SMILES string of the molecule is CC(=O)C1CC1C#CC#Cc1ccc(C(=O)N[C@H](C(C)=O)[C@](C)(O)C(F)F)cc1.CC(=O)[C@@H](NC(=O)c1ccc(C#CC#CC2CC2C(N)=O)cc1)[C@](C)(O)C(F)F.CC(=O)[C@@H](NC(=O)c1ccc(C#CC#CC2CC2CC(=O)O)cc1)[C@](C)(O)C(F)F.CC(=O)[C@@H](NC(=O)c1ccc(C#CC#CC2CC2CC(N)=O)cc1)[C@](C)(O)C(F)F. The van der Waals surface area contributed by atoms with E-state index < -0.39 is 125 Å². The van der Waals surface area contributed by atoms with Gasteiger partial charge in [-0.05, 0) is 244 Å². The van der Waals surface area contributed by atoms with Crippen molar-refractivity contribution in [2.24, 2.45) is 58.8 Å². The van der Waals surface area contributed by atoms with Crippen molar-refractivity contribution < 1.29 is 118 Å². The molecule has 13 N–H and O–H groups in total. The maximum Gasteiger partial charge on any atom is 0.303 e. The van der Waals surface area contributed by atoms with E-state index in [-0.39, 0.29) is 93.6 Å². The Balaban J connectivity index is 0.000000280. The van der Waals surface area contributed by atoms with Crippen molar-refractivity contribution in [3.05, 3.63) is 142 Å². The number of Topliss-reactive ketones (excluding diaryl/α,β-unsaturated/α-hetero) is 5. The van der Waals surface area contributed by atoms with E-state index in [1.807, 2.05) is 0 Å². The number of aliphatic carboxylic acids is 1. The molecule has 16 atom stereocenters. The number of benzene rings is 4. The third kappa shape index (κ3) is 29.5. The fraction of sp³-hybridized carbons (Fsp3) is 0.402. The molecule has 4 aliphatic carbocycles. The number of alkyl halides is 8. The lowest BCUT2D eigenvalue weighted by Crippen LogP contribution is -2.58. The van der Waals surface area contributed by atoms with Gasteiger partial charge in [0.1, 0.15) is 52.4 Å². The molecule has 8 unspecified atom stereocenters. The molecule has 0 saturated heterocycles. The summed E-state index contributed by atoms with van der Waals surface area (Å²) in [5.74, 6) is 36.8. The maximum atomic E-state index is 13.0. The summed E-state index contributed by atoms with van der Waals surface area (Å²) in [4.78, 5) is 139. The number of primary amides is 2. The number of halogens is 8. The van der Waals surface area contributed by atoms with Gasteiger partial charge in [0.2, 0.25) is 11.8 Å². The van der Waals surface area contributed by atoms with Crippen molar-refractivity contribution in [2.45, 2.75) is 173 Å². The largest absolute Gasteiger partial charge is 0.481 e. The van der Waals surface area contributed by atoms with Gasteiger partial charge < -0.3 is 58.3 Å². The first-order valence-corrected chi connectivity index (χ1v) is 36.1. The van der Waals surface area contributed by atoms with E-state index in [1.165, 1.54) is 72.8 Å². The summed E-state index contributed by atoms with van der Waals surface area (Å²) in [5, 5.41) is 56.6. The summed E-state index contributed by atoms with van der Waals surface area (Å²) in [6.07, 6.45) is -9.43. The van der Waals surface area contributed by atoms with Gasteiger partial charge in [0.05, 0.1) is 5.92 Å². The van der Waals surface area contributed by atoms with Crippen molar-refractivity contribution >= 4 is 70.3 Å². The molecule has 0 bridgehead atoms. The summed E-state index contributed by atoms with van der Waals surface area (Å²) in [5.41, 5.74) is 2.26. The Morgan fingerprint density at radius 3 is 0.788 bits per heavy atom. The third-order valence-corrected chi connectivity index (χ3v) is 18.7. The first kappa shape index (κ1) is 95.9. The zero-order chi connectivity index (χ0) is 88.5. The minimum absolute atomic E-state index is 0.0202. The second-order valence-electron chi connectivity index (χ2n) is 28.9. The Bertz CT molecular complexity index is 4700. The predicted octanol–water partition coefficient (Wildman–Crippen LogP) is 5.95. The van der Waals surface area contributed by atoms with Crippen LogP contribution in [0.3, 0.4) is 0 Å². The standard InChI is InChI=1S/C22H22F2N2O4.C22H21F2NO5.C22H21F2NO4.C21H20F2N2O4/c1-13(27)19(22(2,30)21(23)24)26-20(29)15-9-7-14(8-10-15)5-3-4-6-16-11-17(16)12-18(25)28;1-13(26)19(22(2,30)21(23)24)25-20(29)15-9-7-14(8-10-15)5-3-4-6-16-11-17(16)12-18(27)28;1-13(26)18-12-17(18)7-5-4-6-15-8-10-16(11-9-15)20(28)25-19(14(2)27)22(3,29)21(23)24;1-12(26)17(21(2,29)20(22)23)25-19(28)14-9-7-13(8-10-14)5-3-4-6-15-11-16(15)18(24)27/h7-10,16-17,19,21,30H,11-12H2,1-2H3,(H2,25,28)(H,26,29);7-10,16-17,19,21,30H,11-12H2,1-2H3,(H,25,29)(H,27,28);8-11,17-19,21,29H,12H2,1-3H3,(H,25,28);7-10,15-17,20,29H,11H2,1-2H3,(H2,24,27)(H,25,28)/t2*16?,17?,19-,22+;17?,18?,19-,22+;15?,16?,17-,21+/m1111/s1. The summed E-state index contributed by atoms with van der Waals surface area (Å²) in [6, 6.07) is 16.6. The maximum absolute atomic E-state index is 13.0. The zero-order valence-electron chi connectivity index (χ0n) is 65.0. The molecular formula is C87H84F8N6O17. The smallest absolute Gasteiger partial charge is 0.303 e. The van der Waals surface area contributed by atoms with Gasteiger partial charge in [-0.1, -0.05) is 47.4 Å². The van der Waals surface area contributed by atoms with E-state index in [0.717, 1.165) is 74.7 Å². The first-order valence-electron chi connectivity index (χ1n) is 36.1. The quantitative estimate of drug-likeness (QED) is 0.0255. The van der Waals surface area contributed by atoms with Crippen LogP contribution in [0.1, 0.15) is 165 Å². The Hall–Kier alpha value is -12.7. The molecule has 6 amide bonds. The Morgan fingerprint density at radius 2 is 0.593 bits per heavy atom. The number of ketones is 5. The number of carboxylic acid groups (broad SMARTS) is 1. The van der Waals surface area contributed by atoms with Crippen LogP contribution in [0.4, 0.5) is 35.1 Å². The molecule has 4 aromatic carbocycles. The molecule has 4 aromatic rings. The number of aliphatic hydroxyl groups is 4. The lowest BCUT2D eigenvalue weighted by molar-refractivity contribution is -0.139. The van der Waals surface area contributed by atoms with Gasteiger partial charge in [0.25, 0.3) is 49.3 Å². The Kier molecular flexibility index (Phi) is 34.7. The third-order valence-electron chi connectivity index (χ3n) is 18.7. The molecule has 620 valence electrons. The van der Waals surface area contributed by atoms with Crippen molar-refractivity contribution in [3.8, 4) is 94.7 Å². The van der Waals surface area contributed by atoms with Crippen molar-refractivity contribution in [3.63, 3.8) is 0 Å². The van der Waals surface area contributed by atoms with Crippen LogP contribution in [0.15, 0.2) is 97.1 Å². The van der Waals surface area contributed by atoms with E-state index in [2.05, 4.69) is 116 Å². The number of hydrogen-bond acceptors (Lipinski definition) is 16. The molecule has 8 rings (SSSR count). The van der Waals surface area contributed by atoms with Crippen LogP contribution in [0, 0.1) is 142 Å². The average Bonchev–Trinajstić information content (AvgIpc) is 1.34. The van der Waals surface area contributed by atoms with Gasteiger partial charge in [0, 0.05) is 86.9 Å². The van der Waals surface area contributed by atoms with Crippen molar-refractivity contribution in [2.75, 3.05) is 0 Å². The number of carbonyl (C=O) groups excluding carboxylic acids is 11. The normalized spacial score (nSPS) is 20.1. The summed E-state index contributed by atoms with van der Waals surface area (Å²) < 4.78 is 104. The van der Waals surface area contributed by atoms with E-state index >= 15 is 0 Å². The van der Waals surface area contributed by atoms with Crippen LogP contribution in [-0.2, 0) is 38.4 Å². The zero-order valence-corrected chi connectivity index (χ0v) is 65.0. The molecule has 4 saturated carbocycles. The minimum atomic E-state index is -3.22. The number of carboxylic acids is 1. The topological polar surface area (TPSA) is 406 Å². The molecule has 0 spiro atoms. The fourth-order valence-corrected chi connectivity index (χ4v) is 11.0. The number of rotatable bonds is 26. The highest BCUT2D eigenvalue weighted by Crippen LogP contribution is 2.42. The van der Waals surface area contributed by atoms with E-state index in [4.69, 9.17) is 16.6 Å². The molecule has 0 radical (unpaired) electrons. The molecular weight excluding hydrogens is 1550 g/mol. The van der Waals surface area contributed by atoms with E-state index in [0.29, 0.717) is 35.1 Å². The van der Waals surface area contributed by atoms with Gasteiger partial charge in [-0.2, -0.15) is 0 Å². The minimum Gasteiger partial charge on any atom is -0.481 e. The van der Waals surface area contributed by atoms with Gasteiger partial charge in [-0.3, -0.25) is 57.5 Å². The predicted molar refractivity (Wildman–Crippen MR) is 411 cm³/mol. The Morgan fingerprint density at radius 1 is 0.364 bits per heavy atom. The van der Waals surface area contributed by atoms with Crippen molar-refractivity contribution in [1.82, 2.24) is 21.3 Å². The van der Waals surface area contributed by atoms with Gasteiger partial charge in [0.15, 0.2) is 23.1 Å².